The van der Waals surface area contributed by atoms with Crippen LogP contribution in [0.15, 0.2) is 0 Å². The van der Waals surface area contributed by atoms with Crippen molar-refractivity contribution in [1.82, 2.24) is 5.32 Å². The first-order valence-corrected chi connectivity index (χ1v) is 5.57. The van der Waals surface area contributed by atoms with Gasteiger partial charge < -0.3 is 15.2 Å². The van der Waals surface area contributed by atoms with Crippen LogP contribution in [0.3, 0.4) is 0 Å². The topological polar surface area (TPSA) is 75.6 Å². The summed E-state index contributed by atoms with van der Waals surface area (Å²) in [7, 11) is 1.65. The number of carboxylic acids is 1. The van der Waals surface area contributed by atoms with Crippen LogP contribution in [0, 0.1) is 5.92 Å². The zero-order valence-electron chi connectivity index (χ0n) is 9.73. The van der Waals surface area contributed by atoms with E-state index < -0.39 is 12.0 Å². The Balaban J connectivity index is 2.53. The van der Waals surface area contributed by atoms with Crippen molar-refractivity contribution < 1.29 is 19.4 Å². The van der Waals surface area contributed by atoms with E-state index in [1.54, 1.807) is 7.11 Å². The first-order chi connectivity index (χ1) is 7.54. The molecular formula is C11H19NO4. The summed E-state index contributed by atoms with van der Waals surface area (Å²) < 4.78 is 5.30. The highest BCUT2D eigenvalue weighted by atomic mass is 16.5. The molecule has 1 aliphatic rings. The average Bonchev–Trinajstić information content (AvgIpc) is 2.63. The molecule has 0 aliphatic heterocycles. The largest absolute Gasteiger partial charge is 0.480 e. The van der Waals surface area contributed by atoms with Crippen LogP contribution in [0.4, 0.5) is 0 Å². The lowest BCUT2D eigenvalue weighted by atomic mass is 9.96. The monoisotopic (exact) mass is 229 g/mol. The molecule has 5 heteroatoms. The molecule has 0 spiro atoms. The van der Waals surface area contributed by atoms with Crippen molar-refractivity contribution in [2.45, 2.75) is 44.8 Å². The Bertz CT molecular complexity index is 267. The summed E-state index contributed by atoms with van der Waals surface area (Å²) in [6.07, 6.45) is 3.61. The molecule has 1 aliphatic carbocycles. The predicted octanol–water partition coefficient (Wildman–Crippen LogP) is 0.781. The van der Waals surface area contributed by atoms with Gasteiger partial charge in [-0.2, -0.15) is 0 Å². The third-order valence-corrected chi connectivity index (χ3v) is 3.11. The van der Waals surface area contributed by atoms with E-state index in [-0.39, 0.29) is 17.9 Å². The van der Waals surface area contributed by atoms with Crippen LogP contribution >= 0.6 is 0 Å². The zero-order chi connectivity index (χ0) is 12.1. The maximum Gasteiger partial charge on any atom is 0.326 e. The summed E-state index contributed by atoms with van der Waals surface area (Å²) in [6, 6.07) is -0.793. The van der Waals surface area contributed by atoms with Crippen molar-refractivity contribution >= 4 is 11.9 Å². The number of methoxy groups -OCH3 is 1. The molecule has 1 rings (SSSR count). The van der Waals surface area contributed by atoms with E-state index in [1.807, 2.05) is 0 Å². The number of carbonyl (C=O) groups excluding carboxylic acids is 1. The van der Waals surface area contributed by atoms with E-state index in [0.717, 1.165) is 19.3 Å². The van der Waals surface area contributed by atoms with Gasteiger partial charge in [-0.05, 0) is 25.2 Å². The summed E-state index contributed by atoms with van der Waals surface area (Å²) in [5, 5.41) is 11.4. The zero-order valence-corrected chi connectivity index (χ0v) is 9.73. The number of nitrogens with one attached hydrogen (secondary N) is 1. The fourth-order valence-corrected chi connectivity index (χ4v) is 2.35. The minimum atomic E-state index is -0.975. The van der Waals surface area contributed by atoms with E-state index in [4.69, 9.17) is 9.84 Å². The Morgan fingerprint density at radius 3 is 2.69 bits per heavy atom. The van der Waals surface area contributed by atoms with Crippen LogP contribution in [0.25, 0.3) is 0 Å². The summed E-state index contributed by atoms with van der Waals surface area (Å²) in [6.45, 7) is 1.33. The third-order valence-electron chi connectivity index (χ3n) is 3.11. The quantitative estimate of drug-likeness (QED) is 0.730. The SMILES string of the molecule is COC1CCCC1C[C@H](NC(C)=O)C(=O)O. The maximum atomic E-state index is 11.0. The average molecular weight is 229 g/mol. The lowest BCUT2D eigenvalue weighted by Crippen LogP contribution is -2.41. The second kappa shape index (κ2) is 5.84. The molecule has 0 radical (unpaired) electrons. The van der Waals surface area contributed by atoms with Gasteiger partial charge in [0, 0.05) is 14.0 Å². The lowest BCUT2D eigenvalue weighted by Gasteiger charge is -2.22. The number of rotatable bonds is 5. The van der Waals surface area contributed by atoms with Gasteiger partial charge in [0.05, 0.1) is 6.10 Å². The first-order valence-electron chi connectivity index (χ1n) is 5.57. The van der Waals surface area contributed by atoms with E-state index >= 15 is 0 Å². The van der Waals surface area contributed by atoms with Crippen molar-refractivity contribution in [3.05, 3.63) is 0 Å². The number of amides is 1. The molecule has 0 aromatic heterocycles. The summed E-state index contributed by atoms with van der Waals surface area (Å²) in [5.41, 5.74) is 0. The molecule has 2 N–H and O–H groups in total. The Kier molecular flexibility index (Phi) is 4.73. The molecule has 92 valence electrons. The van der Waals surface area contributed by atoms with Gasteiger partial charge in [0.25, 0.3) is 0 Å². The van der Waals surface area contributed by atoms with Gasteiger partial charge in [-0.25, -0.2) is 4.79 Å². The number of ether oxygens (including phenoxy) is 1. The van der Waals surface area contributed by atoms with Crippen molar-refractivity contribution in [2.75, 3.05) is 7.11 Å². The van der Waals surface area contributed by atoms with Crippen LogP contribution in [0.1, 0.15) is 32.6 Å². The molecule has 1 amide bonds. The molecule has 5 nitrogen and oxygen atoms in total. The summed E-state index contributed by atoms with van der Waals surface area (Å²) in [4.78, 5) is 21.8. The number of hydrogen-bond acceptors (Lipinski definition) is 3. The number of hydrogen-bond donors (Lipinski definition) is 2. The van der Waals surface area contributed by atoms with Crippen LogP contribution in [-0.2, 0) is 14.3 Å². The Hall–Kier alpha value is -1.10. The smallest absolute Gasteiger partial charge is 0.326 e. The Labute approximate surface area is 95.2 Å². The summed E-state index contributed by atoms with van der Waals surface area (Å²) >= 11 is 0. The molecule has 1 fully saturated rings. The number of aliphatic carboxylic acids is 1. The van der Waals surface area contributed by atoms with Crippen LogP contribution in [-0.4, -0.2) is 36.2 Å². The normalized spacial score (nSPS) is 26.4. The molecule has 0 bridgehead atoms. The highest BCUT2D eigenvalue weighted by Crippen LogP contribution is 2.31. The third kappa shape index (κ3) is 3.48. The highest BCUT2D eigenvalue weighted by Gasteiger charge is 2.32. The van der Waals surface area contributed by atoms with Crippen LogP contribution < -0.4 is 5.32 Å². The predicted molar refractivity (Wildman–Crippen MR) is 58.0 cm³/mol. The number of carboxylic acid groups (broad SMARTS) is 1. The molecule has 0 aromatic rings. The fraction of sp³-hybridized carbons (Fsp3) is 0.818. The van der Waals surface area contributed by atoms with Crippen LogP contribution in [0.2, 0.25) is 0 Å². The van der Waals surface area contributed by atoms with E-state index in [0.29, 0.717) is 6.42 Å². The molecule has 0 aromatic carbocycles. The second-order valence-electron chi connectivity index (χ2n) is 4.29. The van der Waals surface area contributed by atoms with Crippen molar-refractivity contribution in [2.24, 2.45) is 5.92 Å². The van der Waals surface area contributed by atoms with Gasteiger partial charge in [-0.1, -0.05) is 6.42 Å². The van der Waals surface area contributed by atoms with Crippen molar-refractivity contribution in [1.29, 1.82) is 0 Å². The summed E-state index contributed by atoms with van der Waals surface area (Å²) in [5.74, 6) is -1.05. The molecule has 3 atom stereocenters. The molecule has 1 saturated carbocycles. The van der Waals surface area contributed by atoms with E-state index in [2.05, 4.69) is 5.32 Å². The minimum absolute atomic E-state index is 0.135. The first kappa shape index (κ1) is 13.0. The van der Waals surface area contributed by atoms with Crippen molar-refractivity contribution in [3.63, 3.8) is 0 Å². The maximum absolute atomic E-state index is 11.0. The van der Waals surface area contributed by atoms with E-state index in [1.165, 1.54) is 6.92 Å². The van der Waals surface area contributed by atoms with Gasteiger partial charge in [0.15, 0.2) is 0 Å². The second-order valence-corrected chi connectivity index (χ2v) is 4.29. The van der Waals surface area contributed by atoms with Crippen LogP contribution in [0.5, 0.6) is 0 Å². The van der Waals surface area contributed by atoms with Gasteiger partial charge in [0.1, 0.15) is 6.04 Å². The molecule has 16 heavy (non-hydrogen) atoms. The van der Waals surface area contributed by atoms with Gasteiger partial charge in [0.2, 0.25) is 5.91 Å². The number of carbonyl (C=O) groups is 2. The molecule has 2 unspecified atom stereocenters. The van der Waals surface area contributed by atoms with Gasteiger partial charge in [-0.3, -0.25) is 4.79 Å². The van der Waals surface area contributed by atoms with Gasteiger partial charge in [-0.15, -0.1) is 0 Å². The standard InChI is InChI=1S/C11H19NO4/c1-7(13)12-9(11(14)15)6-8-4-3-5-10(8)16-2/h8-10H,3-6H2,1-2H3,(H,12,13)(H,14,15)/t8?,9-,10?/m0/s1. The lowest BCUT2D eigenvalue weighted by molar-refractivity contribution is -0.142. The molecule has 0 saturated heterocycles. The van der Waals surface area contributed by atoms with E-state index in [9.17, 15) is 9.59 Å². The van der Waals surface area contributed by atoms with Gasteiger partial charge >= 0.3 is 5.97 Å². The Morgan fingerprint density at radius 1 is 1.50 bits per heavy atom. The minimum Gasteiger partial charge on any atom is -0.480 e. The Morgan fingerprint density at radius 2 is 2.19 bits per heavy atom. The highest BCUT2D eigenvalue weighted by molar-refractivity contribution is 5.82. The fourth-order valence-electron chi connectivity index (χ4n) is 2.35. The molecule has 0 heterocycles. The van der Waals surface area contributed by atoms with Crippen molar-refractivity contribution in [3.8, 4) is 0 Å². The molecular weight excluding hydrogens is 210 g/mol.